The second kappa shape index (κ2) is 8.30. The number of benzene rings is 3. The number of nitrogens with zero attached hydrogens (tertiary/aromatic N) is 4. The Morgan fingerprint density at radius 1 is 1.03 bits per heavy atom. The van der Waals surface area contributed by atoms with Gasteiger partial charge in [-0.05, 0) is 58.5 Å². The highest BCUT2D eigenvalue weighted by molar-refractivity contribution is 6.04. The van der Waals surface area contributed by atoms with Gasteiger partial charge in [0, 0.05) is 17.3 Å². The van der Waals surface area contributed by atoms with Crippen LogP contribution in [0.1, 0.15) is 15.9 Å². The lowest BCUT2D eigenvalue weighted by atomic mass is 10.2. The molecule has 1 aromatic heterocycles. The zero-order valence-electron chi connectivity index (χ0n) is 15.2. The van der Waals surface area contributed by atoms with Crippen LogP contribution in [0, 0.1) is 5.82 Å². The van der Waals surface area contributed by atoms with Crippen molar-refractivity contribution in [3.63, 3.8) is 0 Å². The van der Waals surface area contributed by atoms with Crippen molar-refractivity contribution in [2.24, 2.45) is 0 Å². The van der Waals surface area contributed by atoms with Gasteiger partial charge in [-0.25, -0.2) is 9.07 Å². The Kier molecular flexibility index (Phi) is 5.24. The molecule has 0 radical (unpaired) electrons. The molecule has 0 bridgehead atoms. The van der Waals surface area contributed by atoms with Gasteiger partial charge in [-0.15, -0.1) is 5.10 Å². The van der Waals surface area contributed by atoms with Crippen molar-refractivity contribution in [2.75, 3.05) is 5.32 Å². The number of amides is 1. The number of tetrazole rings is 1. The van der Waals surface area contributed by atoms with Gasteiger partial charge in [0.2, 0.25) is 0 Å². The van der Waals surface area contributed by atoms with Crippen LogP contribution < -0.4 is 10.1 Å². The second-order valence-corrected chi connectivity index (χ2v) is 6.21. The molecule has 4 rings (SSSR count). The molecule has 7 nitrogen and oxygen atoms in total. The highest BCUT2D eigenvalue weighted by Crippen LogP contribution is 2.20. The van der Waals surface area contributed by atoms with Crippen molar-refractivity contribution >= 4 is 11.6 Å². The lowest BCUT2D eigenvalue weighted by molar-refractivity contribution is 0.102. The fourth-order valence-corrected chi connectivity index (χ4v) is 2.73. The van der Waals surface area contributed by atoms with Gasteiger partial charge in [0.1, 0.15) is 24.5 Å². The van der Waals surface area contributed by atoms with E-state index in [4.69, 9.17) is 4.74 Å². The lowest BCUT2D eigenvalue weighted by Crippen LogP contribution is -2.12. The quantitative estimate of drug-likeness (QED) is 0.545. The zero-order chi connectivity index (χ0) is 20.1. The Labute approximate surface area is 165 Å². The summed E-state index contributed by atoms with van der Waals surface area (Å²) in [6.45, 7) is 0.225. The number of hydrogen-bond acceptors (Lipinski definition) is 5. The molecule has 0 spiro atoms. The summed E-state index contributed by atoms with van der Waals surface area (Å²) in [7, 11) is 0. The predicted octanol–water partition coefficient (Wildman–Crippen LogP) is 3.63. The van der Waals surface area contributed by atoms with E-state index in [9.17, 15) is 9.18 Å². The molecule has 0 saturated heterocycles. The molecule has 8 heteroatoms. The molecule has 0 saturated carbocycles. The predicted molar refractivity (Wildman–Crippen MR) is 104 cm³/mol. The summed E-state index contributed by atoms with van der Waals surface area (Å²) >= 11 is 0. The highest BCUT2D eigenvalue weighted by atomic mass is 19.1. The standard InChI is InChI=1S/C21H16FN5O2/c22-17-6-1-4-15(10-17)13-29-20-9-3-7-18(12-20)24-21(28)16-5-2-8-19(11-16)27-14-23-25-26-27/h1-12,14H,13H2,(H,24,28). The number of carbonyl (C=O) groups excluding carboxylic acids is 1. The monoisotopic (exact) mass is 389 g/mol. The third-order valence-corrected chi connectivity index (χ3v) is 4.11. The van der Waals surface area contributed by atoms with Crippen LogP contribution in [0.3, 0.4) is 0 Å². The molecule has 29 heavy (non-hydrogen) atoms. The van der Waals surface area contributed by atoms with Gasteiger partial charge in [-0.1, -0.05) is 24.3 Å². The van der Waals surface area contributed by atoms with E-state index in [1.807, 2.05) is 0 Å². The van der Waals surface area contributed by atoms with Gasteiger partial charge in [0.25, 0.3) is 5.91 Å². The van der Waals surface area contributed by atoms with Crippen molar-refractivity contribution in [2.45, 2.75) is 6.61 Å². The Balaban J connectivity index is 1.44. The Bertz CT molecular complexity index is 1130. The van der Waals surface area contributed by atoms with E-state index < -0.39 is 0 Å². The van der Waals surface area contributed by atoms with Crippen molar-refractivity contribution in [1.82, 2.24) is 20.2 Å². The van der Waals surface area contributed by atoms with Crippen LogP contribution in [0.2, 0.25) is 0 Å². The zero-order valence-corrected chi connectivity index (χ0v) is 15.2. The smallest absolute Gasteiger partial charge is 0.255 e. The molecular formula is C21H16FN5O2. The summed E-state index contributed by atoms with van der Waals surface area (Å²) in [6, 6.07) is 20.2. The van der Waals surface area contributed by atoms with E-state index in [2.05, 4.69) is 20.8 Å². The molecule has 0 aliphatic carbocycles. The first-order valence-electron chi connectivity index (χ1n) is 8.79. The van der Waals surface area contributed by atoms with Crippen LogP contribution in [-0.2, 0) is 6.61 Å². The Morgan fingerprint density at radius 3 is 2.72 bits per heavy atom. The third kappa shape index (κ3) is 4.62. The maximum Gasteiger partial charge on any atom is 0.255 e. The number of halogens is 1. The number of hydrogen-bond donors (Lipinski definition) is 1. The summed E-state index contributed by atoms with van der Waals surface area (Å²) in [5, 5.41) is 13.8. The molecule has 0 unspecified atom stereocenters. The molecule has 1 heterocycles. The van der Waals surface area contributed by atoms with E-state index in [1.54, 1.807) is 60.7 Å². The minimum absolute atomic E-state index is 0.225. The second-order valence-electron chi connectivity index (χ2n) is 6.21. The molecule has 3 aromatic carbocycles. The number of nitrogens with one attached hydrogen (secondary N) is 1. The number of ether oxygens (including phenoxy) is 1. The van der Waals surface area contributed by atoms with Gasteiger partial charge < -0.3 is 10.1 Å². The van der Waals surface area contributed by atoms with Crippen molar-refractivity contribution in [1.29, 1.82) is 0 Å². The normalized spacial score (nSPS) is 10.5. The summed E-state index contributed by atoms with van der Waals surface area (Å²) in [6.07, 6.45) is 1.45. The molecule has 1 N–H and O–H groups in total. The molecule has 0 fully saturated rings. The lowest BCUT2D eigenvalue weighted by Gasteiger charge is -2.10. The van der Waals surface area contributed by atoms with E-state index in [1.165, 1.54) is 23.1 Å². The van der Waals surface area contributed by atoms with Crippen LogP contribution in [0.25, 0.3) is 5.69 Å². The Morgan fingerprint density at radius 2 is 1.90 bits per heavy atom. The van der Waals surface area contributed by atoms with Crippen molar-refractivity contribution in [3.8, 4) is 11.4 Å². The fraction of sp³-hybridized carbons (Fsp3) is 0.0476. The fourth-order valence-electron chi connectivity index (χ4n) is 2.73. The number of aromatic nitrogens is 4. The number of carbonyl (C=O) groups is 1. The van der Waals surface area contributed by atoms with Crippen LogP contribution in [0.4, 0.5) is 10.1 Å². The average molecular weight is 389 g/mol. The first-order chi connectivity index (χ1) is 14.2. The maximum atomic E-state index is 13.3. The average Bonchev–Trinajstić information content (AvgIpc) is 3.28. The van der Waals surface area contributed by atoms with E-state index in [0.717, 1.165) is 5.56 Å². The first kappa shape index (κ1) is 18.3. The van der Waals surface area contributed by atoms with E-state index in [0.29, 0.717) is 22.7 Å². The van der Waals surface area contributed by atoms with E-state index in [-0.39, 0.29) is 18.3 Å². The van der Waals surface area contributed by atoms with Crippen LogP contribution in [0.15, 0.2) is 79.1 Å². The first-order valence-corrected chi connectivity index (χ1v) is 8.79. The van der Waals surface area contributed by atoms with Gasteiger partial charge >= 0.3 is 0 Å². The molecule has 144 valence electrons. The van der Waals surface area contributed by atoms with Crippen LogP contribution >= 0.6 is 0 Å². The summed E-state index contributed by atoms with van der Waals surface area (Å²) < 4.78 is 20.4. The van der Waals surface area contributed by atoms with E-state index >= 15 is 0 Å². The third-order valence-electron chi connectivity index (χ3n) is 4.11. The highest BCUT2D eigenvalue weighted by Gasteiger charge is 2.09. The molecule has 0 aliphatic heterocycles. The minimum Gasteiger partial charge on any atom is -0.489 e. The van der Waals surface area contributed by atoms with Gasteiger partial charge in [0.05, 0.1) is 5.69 Å². The van der Waals surface area contributed by atoms with Gasteiger partial charge in [0.15, 0.2) is 0 Å². The Hall–Kier alpha value is -4.07. The largest absolute Gasteiger partial charge is 0.489 e. The summed E-state index contributed by atoms with van der Waals surface area (Å²) in [4.78, 5) is 12.6. The SMILES string of the molecule is O=C(Nc1cccc(OCc2cccc(F)c2)c1)c1cccc(-n2cnnn2)c1. The molecular weight excluding hydrogens is 373 g/mol. The number of anilines is 1. The van der Waals surface area contributed by atoms with Gasteiger partial charge in [-0.3, -0.25) is 4.79 Å². The minimum atomic E-state index is -0.309. The molecule has 1 amide bonds. The molecule has 0 aliphatic rings. The summed E-state index contributed by atoms with van der Waals surface area (Å²) in [5.74, 6) is -0.0206. The summed E-state index contributed by atoms with van der Waals surface area (Å²) in [5.41, 5.74) is 2.44. The van der Waals surface area contributed by atoms with Crippen LogP contribution in [0.5, 0.6) is 5.75 Å². The topological polar surface area (TPSA) is 81.9 Å². The molecule has 4 aromatic rings. The van der Waals surface area contributed by atoms with Crippen LogP contribution in [-0.4, -0.2) is 26.1 Å². The number of rotatable bonds is 6. The molecule has 0 atom stereocenters. The van der Waals surface area contributed by atoms with Crippen molar-refractivity contribution < 1.29 is 13.9 Å². The van der Waals surface area contributed by atoms with Gasteiger partial charge in [-0.2, -0.15) is 0 Å². The maximum absolute atomic E-state index is 13.3. The van der Waals surface area contributed by atoms with Crippen molar-refractivity contribution in [3.05, 3.63) is 96.1 Å².